The first-order valence-corrected chi connectivity index (χ1v) is 9.02. The first-order valence-electron chi connectivity index (χ1n) is 9.02. The van der Waals surface area contributed by atoms with Gasteiger partial charge >= 0.3 is 0 Å². The zero-order valence-corrected chi connectivity index (χ0v) is 17.0. The molecule has 144 valence electrons. The van der Waals surface area contributed by atoms with Crippen molar-refractivity contribution in [2.24, 2.45) is 0 Å². The minimum atomic E-state index is -0.0979. The zero-order chi connectivity index (χ0) is 20.0. The van der Waals surface area contributed by atoms with E-state index in [1.54, 1.807) is 50.6 Å². The van der Waals surface area contributed by atoms with Crippen molar-refractivity contribution < 1.29 is 19.0 Å². The van der Waals surface area contributed by atoms with E-state index >= 15 is 0 Å². The number of ketones is 1. The highest BCUT2D eigenvalue weighted by atomic mass is 16.5. The van der Waals surface area contributed by atoms with Gasteiger partial charge in [0.25, 0.3) is 0 Å². The van der Waals surface area contributed by atoms with Crippen LogP contribution in [0, 0.1) is 0 Å². The molecule has 0 N–H and O–H groups in total. The minimum absolute atomic E-state index is 0.0757. The molecule has 0 bridgehead atoms. The molecule has 0 aliphatic carbocycles. The Labute approximate surface area is 161 Å². The van der Waals surface area contributed by atoms with Gasteiger partial charge in [0, 0.05) is 22.8 Å². The molecule has 2 aromatic rings. The number of allylic oxidation sites excluding steroid dienone is 1. The van der Waals surface area contributed by atoms with E-state index in [4.69, 9.17) is 14.2 Å². The third kappa shape index (κ3) is 5.13. The summed E-state index contributed by atoms with van der Waals surface area (Å²) in [5.41, 5.74) is 2.40. The molecule has 0 aromatic heterocycles. The van der Waals surface area contributed by atoms with Crippen LogP contribution in [0.2, 0.25) is 0 Å². The van der Waals surface area contributed by atoms with Gasteiger partial charge < -0.3 is 14.2 Å². The Morgan fingerprint density at radius 3 is 2.15 bits per heavy atom. The minimum Gasteiger partial charge on any atom is -0.496 e. The Balaban J connectivity index is 2.33. The largest absolute Gasteiger partial charge is 0.496 e. The summed E-state index contributed by atoms with van der Waals surface area (Å²) in [6.45, 7) is 8.89. The van der Waals surface area contributed by atoms with Crippen LogP contribution in [0.4, 0.5) is 0 Å². The van der Waals surface area contributed by atoms with Crippen LogP contribution in [-0.2, 0) is 5.41 Å². The van der Waals surface area contributed by atoms with Gasteiger partial charge in [-0.15, -0.1) is 0 Å². The van der Waals surface area contributed by atoms with E-state index < -0.39 is 0 Å². The molecule has 0 saturated heterocycles. The average molecular weight is 368 g/mol. The van der Waals surface area contributed by atoms with E-state index in [9.17, 15) is 4.79 Å². The molecule has 0 aliphatic rings. The molecule has 0 atom stereocenters. The van der Waals surface area contributed by atoms with Gasteiger partial charge in [-0.1, -0.05) is 20.8 Å². The SMILES string of the molecule is CCOc1ccc(C(=O)/C=C/c2cc(C(C)(C)C)c(OC)cc2OC)cc1. The smallest absolute Gasteiger partial charge is 0.185 e. The molecule has 2 rings (SSSR count). The Hall–Kier alpha value is -2.75. The van der Waals surface area contributed by atoms with E-state index in [1.165, 1.54) is 0 Å². The molecule has 0 fully saturated rings. The van der Waals surface area contributed by atoms with Crippen molar-refractivity contribution in [2.75, 3.05) is 20.8 Å². The zero-order valence-electron chi connectivity index (χ0n) is 17.0. The first kappa shape index (κ1) is 20.6. The van der Waals surface area contributed by atoms with Crippen molar-refractivity contribution in [2.45, 2.75) is 33.1 Å². The molecule has 0 amide bonds. The van der Waals surface area contributed by atoms with Crippen molar-refractivity contribution in [1.82, 2.24) is 0 Å². The summed E-state index contributed by atoms with van der Waals surface area (Å²) >= 11 is 0. The summed E-state index contributed by atoms with van der Waals surface area (Å²) in [4.78, 5) is 12.5. The van der Waals surface area contributed by atoms with Gasteiger partial charge in [-0.3, -0.25) is 4.79 Å². The molecule has 0 heterocycles. The average Bonchev–Trinajstić information content (AvgIpc) is 2.65. The number of benzene rings is 2. The maximum atomic E-state index is 12.5. The third-order valence-electron chi connectivity index (χ3n) is 4.22. The molecule has 0 aliphatic heterocycles. The molecule has 0 spiro atoms. The summed E-state index contributed by atoms with van der Waals surface area (Å²) < 4.78 is 16.4. The lowest BCUT2D eigenvalue weighted by Gasteiger charge is -2.23. The highest BCUT2D eigenvalue weighted by Gasteiger charge is 2.21. The van der Waals surface area contributed by atoms with Crippen molar-refractivity contribution >= 4 is 11.9 Å². The van der Waals surface area contributed by atoms with Crippen molar-refractivity contribution in [3.8, 4) is 17.2 Å². The molecule has 27 heavy (non-hydrogen) atoms. The summed E-state index contributed by atoms with van der Waals surface area (Å²) in [5, 5.41) is 0. The second kappa shape index (κ2) is 8.76. The fourth-order valence-corrected chi connectivity index (χ4v) is 2.78. The van der Waals surface area contributed by atoms with E-state index in [1.807, 2.05) is 19.1 Å². The second-order valence-electron chi connectivity index (χ2n) is 7.20. The normalized spacial score (nSPS) is 11.5. The third-order valence-corrected chi connectivity index (χ3v) is 4.22. The summed E-state index contributed by atoms with van der Waals surface area (Å²) in [7, 11) is 3.26. The lowest BCUT2D eigenvalue weighted by molar-refractivity contribution is 0.104. The summed E-state index contributed by atoms with van der Waals surface area (Å²) in [5.74, 6) is 2.11. The number of hydrogen-bond acceptors (Lipinski definition) is 4. The summed E-state index contributed by atoms with van der Waals surface area (Å²) in [6.07, 6.45) is 3.35. The maximum absolute atomic E-state index is 12.5. The van der Waals surface area contributed by atoms with Crippen LogP contribution in [-0.4, -0.2) is 26.6 Å². The van der Waals surface area contributed by atoms with Crippen LogP contribution >= 0.6 is 0 Å². The molecule has 0 saturated carbocycles. The van der Waals surface area contributed by atoms with Crippen LogP contribution in [0.25, 0.3) is 6.08 Å². The van der Waals surface area contributed by atoms with E-state index in [0.29, 0.717) is 17.9 Å². The van der Waals surface area contributed by atoms with Crippen molar-refractivity contribution in [3.05, 3.63) is 59.2 Å². The number of methoxy groups -OCH3 is 2. The standard InChI is InChI=1S/C23H28O4/c1-7-27-18-11-8-16(9-12-18)20(24)13-10-17-14-19(23(2,3)4)22(26-6)15-21(17)25-5/h8-15H,7H2,1-6H3/b13-10+. The fourth-order valence-electron chi connectivity index (χ4n) is 2.78. The highest BCUT2D eigenvalue weighted by molar-refractivity contribution is 6.07. The Bertz CT molecular complexity index is 812. The van der Waals surface area contributed by atoms with Gasteiger partial charge in [0.1, 0.15) is 17.2 Å². The molecular weight excluding hydrogens is 340 g/mol. The van der Waals surface area contributed by atoms with Crippen LogP contribution < -0.4 is 14.2 Å². The monoisotopic (exact) mass is 368 g/mol. The number of carbonyl (C=O) groups excluding carboxylic acids is 1. The molecular formula is C23H28O4. The predicted octanol–water partition coefficient (Wildman–Crippen LogP) is 5.30. The quantitative estimate of drug-likeness (QED) is 0.492. The lowest BCUT2D eigenvalue weighted by Crippen LogP contribution is -2.13. The number of rotatable bonds is 7. The van der Waals surface area contributed by atoms with Crippen LogP contribution in [0.5, 0.6) is 17.2 Å². The number of ether oxygens (including phenoxy) is 3. The van der Waals surface area contributed by atoms with Gasteiger partial charge in [0.2, 0.25) is 0 Å². The Morgan fingerprint density at radius 1 is 1.00 bits per heavy atom. The molecule has 4 nitrogen and oxygen atoms in total. The Morgan fingerprint density at radius 2 is 1.63 bits per heavy atom. The Kier molecular flexibility index (Phi) is 6.67. The van der Waals surface area contributed by atoms with E-state index in [-0.39, 0.29) is 11.2 Å². The maximum Gasteiger partial charge on any atom is 0.185 e. The molecule has 2 aromatic carbocycles. The van der Waals surface area contributed by atoms with E-state index in [2.05, 4.69) is 20.8 Å². The topological polar surface area (TPSA) is 44.8 Å². The van der Waals surface area contributed by atoms with Crippen molar-refractivity contribution in [3.63, 3.8) is 0 Å². The van der Waals surface area contributed by atoms with Crippen LogP contribution in [0.1, 0.15) is 49.2 Å². The first-order chi connectivity index (χ1) is 12.8. The predicted molar refractivity (Wildman–Crippen MR) is 109 cm³/mol. The van der Waals surface area contributed by atoms with Crippen LogP contribution in [0.3, 0.4) is 0 Å². The number of hydrogen-bond donors (Lipinski definition) is 0. The van der Waals surface area contributed by atoms with Crippen LogP contribution in [0.15, 0.2) is 42.5 Å². The van der Waals surface area contributed by atoms with Crippen molar-refractivity contribution in [1.29, 1.82) is 0 Å². The second-order valence-corrected chi connectivity index (χ2v) is 7.20. The van der Waals surface area contributed by atoms with Gasteiger partial charge in [0.15, 0.2) is 5.78 Å². The van der Waals surface area contributed by atoms with Gasteiger partial charge in [-0.2, -0.15) is 0 Å². The highest BCUT2D eigenvalue weighted by Crippen LogP contribution is 2.37. The fraction of sp³-hybridized carbons (Fsp3) is 0.348. The summed E-state index contributed by atoms with van der Waals surface area (Å²) in [6, 6.07) is 11.0. The lowest BCUT2D eigenvalue weighted by atomic mass is 9.85. The molecule has 0 radical (unpaired) electrons. The number of carbonyl (C=O) groups is 1. The van der Waals surface area contributed by atoms with E-state index in [0.717, 1.165) is 22.6 Å². The molecule has 0 unspecified atom stereocenters. The molecule has 4 heteroatoms. The van der Waals surface area contributed by atoms with Gasteiger partial charge in [-0.25, -0.2) is 0 Å². The van der Waals surface area contributed by atoms with Gasteiger partial charge in [0.05, 0.1) is 20.8 Å². The van der Waals surface area contributed by atoms with Gasteiger partial charge in [-0.05, 0) is 54.8 Å².